The number of aryl methyl sites for hydroxylation is 1. The molecule has 5 heteroatoms. The molecule has 2 rings (SSSR count). The summed E-state index contributed by atoms with van der Waals surface area (Å²) in [5, 5.41) is 8.92. The minimum absolute atomic E-state index is 0.0909. The van der Waals surface area contributed by atoms with Gasteiger partial charge in [0.25, 0.3) is 0 Å². The van der Waals surface area contributed by atoms with Crippen molar-refractivity contribution >= 4 is 5.97 Å². The third kappa shape index (κ3) is 2.18. The highest BCUT2D eigenvalue weighted by Gasteiger charge is 2.18. The highest BCUT2D eigenvalue weighted by atomic mass is 19.1. The van der Waals surface area contributed by atoms with Gasteiger partial charge in [-0.05, 0) is 24.3 Å². The number of carbonyl (C=O) groups is 1. The van der Waals surface area contributed by atoms with Gasteiger partial charge < -0.3 is 9.52 Å². The van der Waals surface area contributed by atoms with Crippen molar-refractivity contribution in [1.82, 2.24) is 4.98 Å². The van der Waals surface area contributed by atoms with Crippen LogP contribution >= 0.6 is 0 Å². The van der Waals surface area contributed by atoms with Crippen LogP contribution in [0, 0.1) is 5.82 Å². The highest BCUT2D eigenvalue weighted by molar-refractivity contribution is 5.87. The summed E-state index contributed by atoms with van der Waals surface area (Å²) in [7, 11) is 0. The summed E-state index contributed by atoms with van der Waals surface area (Å²) in [4.78, 5) is 14.8. The highest BCUT2D eigenvalue weighted by Crippen LogP contribution is 2.22. The molecule has 0 aliphatic rings. The summed E-state index contributed by atoms with van der Waals surface area (Å²) in [6.07, 6.45) is 0.440. The molecule has 0 aliphatic carbocycles. The van der Waals surface area contributed by atoms with E-state index in [9.17, 15) is 9.18 Å². The molecule has 0 saturated heterocycles. The average molecular weight is 235 g/mol. The topological polar surface area (TPSA) is 63.3 Å². The molecule has 1 aromatic heterocycles. The Balaban J connectivity index is 2.46. The summed E-state index contributed by atoms with van der Waals surface area (Å²) in [6.45, 7) is 1.78. The molecule has 2 aromatic rings. The molecule has 0 fully saturated rings. The Kier molecular flexibility index (Phi) is 2.91. The van der Waals surface area contributed by atoms with Gasteiger partial charge in [-0.2, -0.15) is 0 Å². The number of halogens is 1. The molecule has 1 N–H and O–H groups in total. The summed E-state index contributed by atoms with van der Waals surface area (Å²) in [5.41, 5.74) is 0.459. The van der Waals surface area contributed by atoms with E-state index in [1.165, 1.54) is 24.3 Å². The van der Waals surface area contributed by atoms with Crippen LogP contribution in [-0.2, 0) is 6.42 Å². The largest absolute Gasteiger partial charge is 0.476 e. The van der Waals surface area contributed by atoms with Gasteiger partial charge in [0.1, 0.15) is 11.6 Å². The lowest BCUT2D eigenvalue weighted by Gasteiger charge is -1.94. The fraction of sp³-hybridized carbons (Fsp3) is 0.167. The Bertz CT molecular complexity index is 545. The minimum atomic E-state index is -1.13. The summed E-state index contributed by atoms with van der Waals surface area (Å²) >= 11 is 0. The van der Waals surface area contributed by atoms with E-state index < -0.39 is 5.97 Å². The molecule has 1 aromatic carbocycles. The molecular weight excluding hydrogens is 225 g/mol. The molecule has 4 nitrogen and oxygen atoms in total. The van der Waals surface area contributed by atoms with Gasteiger partial charge in [-0.1, -0.05) is 6.92 Å². The maximum absolute atomic E-state index is 12.7. The number of carboxylic acids is 1. The van der Waals surface area contributed by atoms with E-state index in [1.807, 2.05) is 0 Å². The first-order chi connectivity index (χ1) is 8.11. The summed E-state index contributed by atoms with van der Waals surface area (Å²) < 4.78 is 18.1. The molecule has 0 saturated carbocycles. The van der Waals surface area contributed by atoms with Crippen LogP contribution in [-0.4, -0.2) is 16.1 Å². The first-order valence-electron chi connectivity index (χ1n) is 5.10. The van der Waals surface area contributed by atoms with E-state index >= 15 is 0 Å². The molecule has 0 aliphatic heterocycles. The van der Waals surface area contributed by atoms with Crippen LogP contribution in [0.2, 0.25) is 0 Å². The Morgan fingerprint density at radius 2 is 2.06 bits per heavy atom. The predicted octanol–water partition coefficient (Wildman–Crippen LogP) is 2.74. The number of aromatic nitrogens is 1. The number of benzene rings is 1. The molecule has 0 atom stereocenters. The minimum Gasteiger partial charge on any atom is -0.476 e. The normalized spacial score (nSPS) is 10.5. The second-order valence-electron chi connectivity index (χ2n) is 3.46. The zero-order valence-corrected chi connectivity index (χ0v) is 9.11. The summed E-state index contributed by atoms with van der Waals surface area (Å²) in [5.74, 6) is -0.982. The van der Waals surface area contributed by atoms with E-state index in [0.29, 0.717) is 17.7 Å². The monoisotopic (exact) mass is 235 g/mol. The van der Waals surface area contributed by atoms with E-state index in [0.717, 1.165) is 0 Å². The van der Waals surface area contributed by atoms with E-state index in [1.54, 1.807) is 6.92 Å². The van der Waals surface area contributed by atoms with Crippen LogP contribution in [0.5, 0.6) is 0 Å². The van der Waals surface area contributed by atoms with E-state index in [2.05, 4.69) is 4.98 Å². The van der Waals surface area contributed by atoms with Crippen molar-refractivity contribution < 1.29 is 18.7 Å². The van der Waals surface area contributed by atoms with Crippen LogP contribution in [0.1, 0.15) is 23.2 Å². The molecule has 1 heterocycles. The van der Waals surface area contributed by atoms with Gasteiger partial charge in [0.05, 0.1) is 0 Å². The Morgan fingerprint density at radius 1 is 1.41 bits per heavy atom. The van der Waals surface area contributed by atoms with E-state index in [-0.39, 0.29) is 17.4 Å². The quantitative estimate of drug-likeness (QED) is 0.888. The molecule has 0 amide bonds. The number of oxazole rings is 1. The number of carboxylic acid groups (broad SMARTS) is 1. The second-order valence-corrected chi connectivity index (χ2v) is 3.46. The first kappa shape index (κ1) is 11.3. The summed E-state index contributed by atoms with van der Waals surface area (Å²) in [6, 6.07) is 5.52. The fourth-order valence-electron chi connectivity index (χ4n) is 1.47. The van der Waals surface area contributed by atoms with Gasteiger partial charge >= 0.3 is 5.97 Å². The molecular formula is C12H10FNO3. The zero-order valence-electron chi connectivity index (χ0n) is 9.11. The van der Waals surface area contributed by atoms with Gasteiger partial charge in [0, 0.05) is 12.0 Å². The zero-order chi connectivity index (χ0) is 12.4. The van der Waals surface area contributed by atoms with Crippen molar-refractivity contribution in [1.29, 1.82) is 0 Å². The predicted molar refractivity (Wildman–Crippen MR) is 58.2 cm³/mol. The lowest BCUT2D eigenvalue weighted by Crippen LogP contribution is -2.00. The van der Waals surface area contributed by atoms with Gasteiger partial charge in [0.2, 0.25) is 5.89 Å². The number of rotatable bonds is 3. The Hall–Kier alpha value is -2.17. The average Bonchev–Trinajstić information content (AvgIpc) is 2.74. The van der Waals surface area contributed by atoms with Gasteiger partial charge in [-0.3, -0.25) is 0 Å². The number of hydrogen-bond donors (Lipinski definition) is 1. The van der Waals surface area contributed by atoms with E-state index in [4.69, 9.17) is 9.52 Å². The standard InChI is InChI=1S/C12H10FNO3/c1-2-9-10(12(15)16)14-11(17-9)7-3-5-8(13)6-4-7/h3-6H,2H2,1H3,(H,15,16). The maximum Gasteiger partial charge on any atom is 0.358 e. The fourth-order valence-corrected chi connectivity index (χ4v) is 1.47. The Morgan fingerprint density at radius 3 is 2.53 bits per heavy atom. The van der Waals surface area contributed by atoms with Crippen molar-refractivity contribution in [2.75, 3.05) is 0 Å². The number of aromatic carboxylic acids is 1. The van der Waals surface area contributed by atoms with Crippen LogP contribution in [0.4, 0.5) is 4.39 Å². The smallest absolute Gasteiger partial charge is 0.358 e. The number of nitrogens with zero attached hydrogens (tertiary/aromatic N) is 1. The lowest BCUT2D eigenvalue weighted by molar-refractivity contribution is 0.0689. The molecule has 0 unspecified atom stereocenters. The Labute approximate surface area is 96.7 Å². The lowest BCUT2D eigenvalue weighted by atomic mass is 10.2. The molecule has 17 heavy (non-hydrogen) atoms. The molecule has 0 radical (unpaired) electrons. The van der Waals surface area contributed by atoms with Crippen LogP contribution in [0.15, 0.2) is 28.7 Å². The van der Waals surface area contributed by atoms with Gasteiger partial charge in [-0.25, -0.2) is 14.2 Å². The van der Waals surface area contributed by atoms with Crippen LogP contribution in [0.3, 0.4) is 0 Å². The third-order valence-electron chi connectivity index (χ3n) is 2.31. The SMILES string of the molecule is CCc1oc(-c2ccc(F)cc2)nc1C(=O)O. The first-order valence-corrected chi connectivity index (χ1v) is 5.10. The second kappa shape index (κ2) is 4.37. The molecule has 0 spiro atoms. The van der Waals surface area contributed by atoms with Gasteiger partial charge in [-0.15, -0.1) is 0 Å². The maximum atomic E-state index is 12.7. The molecule has 88 valence electrons. The third-order valence-corrected chi connectivity index (χ3v) is 2.31. The van der Waals surface area contributed by atoms with Gasteiger partial charge in [0.15, 0.2) is 5.69 Å². The van der Waals surface area contributed by atoms with Crippen molar-refractivity contribution in [2.45, 2.75) is 13.3 Å². The number of hydrogen-bond acceptors (Lipinski definition) is 3. The van der Waals surface area contributed by atoms with Crippen LogP contribution in [0.25, 0.3) is 11.5 Å². The van der Waals surface area contributed by atoms with Crippen LogP contribution < -0.4 is 0 Å². The van der Waals surface area contributed by atoms with Crippen molar-refractivity contribution in [2.24, 2.45) is 0 Å². The van der Waals surface area contributed by atoms with Crippen molar-refractivity contribution in [3.8, 4) is 11.5 Å². The van der Waals surface area contributed by atoms with Crippen molar-refractivity contribution in [3.63, 3.8) is 0 Å². The van der Waals surface area contributed by atoms with Crippen molar-refractivity contribution in [3.05, 3.63) is 41.5 Å². The molecule has 0 bridgehead atoms.